The molecule has 0 fully saturated rings. The molecule has 2 N–H and O–H groups in total. The number of rotatable bonds is 0. The highest BCUT2D eigenvalue weighted by atomic mass is 16.5. The Balaban J connectivity index is 0.000000200. The summed E-state index contributed by atoms with van der Waals surface area (Å²) in [4.78, 5) is 21.2. The van der Waals surface area contributed by atoms with Crippen molar-refractivity contribution in [2.24, 2.45) is 0 Å². The van der Waals surface area contributed by atoms with Crippen molar-refractivity contribution in [3.63, 3.8) is 0 Å². The minimum atomic E-state index is -0.176. The van der Waals surface area contributed by atoms with Crippen LogP contribution >= 0.6 is 0 Å². The molecule has 0 amide bonds. The first-order valence-electron chi connectivity index (χ1n) is 6.38. The normalized spacial score (nSPS) is 11.9. The fourth-order valence-electron chi connectivity index (χ4n) is 1.31. The van der Waals surface area contributed by atoms with Crippen molar-refractivity contribution in [2.45, 2.75) is 52.4 Å². The van der Waals surface area contributed by atoms with Gasteiger partial charge in [0, 0.05) is 23.0 Å². The van der Waals surface area contributed by atoms with Crippen molar-refractivity contribution in [2.75, 3.05) is 0 Å². The molecular weight excluding hydrogens is 260 g/mol. The van der Waals surface area contributed by atoms with E-state index >= 15 is 0 Å². The van der Waals surface area contributed by atoms with Gasteiger partial charge in [0.1, 0.15) is 11.5 Å². The molecule has 0 unspecified atom stereocenters. The molecule has 6 heteroatoms. The average molecular weight is 282 g/mol. The average Bonchev–Trinajstić information content (AvgIpc) is 2.85. The number of nitrogens with one attached hydrogen (secondary N) is 2. The lowest BCUT2D eigenvalue weighted by atomic mass is 9.94. The Hall–Kier alpha value is -1.98. The van der Waals surface area contributed by atoms with E-state index in [1.807, 2.05) is 41.5 Å². The van der Waals surface area contributed by atoms with Crippen LogP contribution in [0.1, 0.15) is 53.1 Å². The van der Waals surface area contributed by atoms with Gasteiger partial charge in [0.25, 0.3) is 11.1 Å². The SMILES string of the molecule is CC(C)(C)c1cc(=O)[nH]o1.CC(C)(C)c1cc(=O)[nH]o1. The van der Waals surface area contributed by atoms with E-state index in [4.69, 9.17) is 9.05 Å². The molecule has 0 aliphatic carbocycles. The molecule has 20 heavy (non-hydrogen) atoms. The summed E-state index contributed by atoms with van der Waals surface area (Å²) in [5.41, 5.74) is -0.520. The highest BCUT2D eigenvalue weighted by Crippen LogP contribution is 2.19. The first kappa shape index (κ1) is 16.1. The second-order valence-electron chi connectivity index (χ2n) is 6.65. The van der Waals surface area contributed by atoms with Gasteiger partial charge in [0.15, 0.2) is 0 Å². The Morgan fingerprint density at radius 1 is 0.750 bits per heavy atom. The van der Waals surface area contributed by atoms with Crippen LogP contribution in [0, 0.1) is 0 Å². The van der Waals surface area contributed by atoms with E-state index in [-0.39, 0.29) is 21.9 Å². The molecule has 0 saturated heterocycles. The molecule has 0 atom stereocenters. The maximum Gasteiger partial charge on any atom is 0.280 e. The topological polar surface area (TPSA) is 92.0 Å². The number of hydrogen-bond acceptors (Lipinski definition) is 4. The van der Waals surface area contributed by atoms with Crippen LogP contribution < -0.4 is 11.1 Å². The van der Waals surface area contributed by atoms with Crippen LogP contribution in [0.25, 0.3) is 0 Å². The zero-order chi connectivity index (χ0) is 15.6. The maximum absolute atomic E-state index is 10.6. The van der Waals surface area contributed by atoms with Gasteiger partial charge >= 0.3 is 0 Å². The van der Waals surface area contributed by atoms with E-state index < -0.39 is 0 Å². The van der Waals surface area contributed by atoms with Gasteiger partial charge in [0.2, 0.25) is 0 Å². The zero-order valence-electron chi connectivity index (χ0n) is 12.8. The summed E-state index contributed by atoms with van der Waals surface area (Å²) in [6, 6.07) is 2.94. The Morgan fingerprint density at radius 2 is 1.05 bits per heavy atom. The summed E-state index contributed by atoms with van der Waals surface area (Å²) >= 11 is 0. The summed E-state index contributed by atoms with van der Waals surface area (Å²) < 4.78 is 9.78. The molecule has 2 rings (SSSR count). The van der Waals surface area contributed by atoms with Gasteiger partial charge in [-0.3, -0.25) is 9.59 Å². The molecule has 0 radical (unpaired) electrons. The molecule has 2 aromatic rings. The van der Waals surface area contributed by atoms with Crippen LogP contribution in [-0.4, -0.2) is 10.3 Å². The van der Waals surface area contributed by atoms with Crippen molar-refractivity contribution >= 4 is 0 Å². The van der Waals surface area contributed by atoms with Crippen LogP contribution in [0.2, 0.25) is 0 Å². The third kappa shape index (κ3) is 4.60. The smallest absolute Gasteiger partial charge is 0.280 e. The van der Waals surface area contributed by atoms with Crippen LogP contribution in [0.5, 0.6) is 0 Å². The van der Waals surface area contributed by atoms with Crippen LogP contribution in [-0.2, 0) is 10.8 Å². The summed E-state index contributed by atoms with van der Waals surface area (Å²) in [6.07, 6.45) is 0. The standard InChI is InChI=1S/2C7H11NO2/c2*1-7(2,3)5-4-6(9)8-10-5/h2*4H,1-3H3,(H,8,9). The molecule has 112 valence electrons. The second kappa shape index (κ2) is 5.56. The van der Waals surface area contributed by atoms with Gasteiger partial charge < -0.3 is 9.05 Å². The lowest BCUT2D eigenvalue weighted by Crippen LogP contribution is -2.09. The highest BCUT2D eigenvalue weighted by Gasteiger charge is 2.18. The Kier molecular flexibility index (Phi) is 4.47. The van der Waals surface area contributed by atoms with E-state index in [0.717, 1.165) is 0 Å². The number of H-pyrrole nitrogens is 2. The van der Waals surface area contributed by atoms with Crippen LogP contribution in [0.3, 0.4) is 0 Å². The van der Waals surface area contributed by atoms with Gasteiger partial charge in [-0.1, -0.05) is 41.5 Å². The fraction of sp³-hybridized carbons (Fsp3) is 0.571. The van der Waals surface area contributed by atoms with Crippen molar-refractivity contribution in [1.29, 1.82) is 0 Å². The van der Waals surface area contributed by atoms with E-state index in [1.165, 1.54) is 12.1 Å². The molecule has 0 aromatic carbocycles. The Bertz CT molecular complexity index is 585. The predicted molar refractivity (Wildman–Crippen MR) is 76.1 cm³/mol. The summed E-state index contributed by atoms with van der Waals surface area (Å²) in [5, 5.41) is 4.49. The monoisotopic (exact) mass is 282 g/mol. The number of aromatic nitrogens is 2. The molecule has 0 aliphatic heterocycles. The quantitative estimate of drug-likeness (QED) is 0.776. The van der Waals surface area contributed by atoms with Crippen molar-refractivity contribution in [1.82, 2.24) is 10.3 Å². The summed E-state index contributed by atoms with van der Waals surface area (Å²) in [6.45, 7) is 11.9. The minimum absolute atomic E-state index is 0.0842. The van der Waals surface area contributed by atoms with Gasteiger partial charge in [-0.2, -0.15) is 10.3 Å². The summed E-state index contributed by atoms with van der Waals surface area (Å²) in [7, 11) is 0. The second-order valence-corrected chi connectivity index (χ2v) is 6.65. The Morgan fingerprint density at radius 3 is 1.15 bits per heavy atom. The maximum atomic E-state index is 10.6. The lowest BCUT2D eigenvalue weighted by molar-refractivity contribution is 0.326. The zero-order valence-corrected chi connectivity index (χ0v) is 12.8. The minimum Gasteiger partial charge on any atom is -0.383 e. The highest BCUT2D eigenvalue weighted by molar-refractivity contribution is 5.06. The molecular formula is C14H22N2O4. The molecule has 0 spiro atoms. The van der Waals surface area contributed by atoms with Gasteiger partial charge in [0.05, 0.1) is 0 Å². The largest absolute Gasteiger partial charge is 0.383 e. The predicted octanol–water partition coefficient (Wildman–Crippen LogP) is 2.53. The third-order valence-electron chi connectivity index (χ3n) is 2.53. The molecule has 0 aliphatic rings. The lowest BCUT2D eigenvalue weighted by Gasteiger charge is -2.11. The number of aromatic amines is 2. The van der Waals surface area contributed by atoms with Gasteiger partial charge in [-0.15, -0.1) is 0 Å². The molecule has 2 heterocycles. The van der Waals surface area contributed by atoms with Gasteiger partial charge in [-0.05, 0) is 0 Å². The Labute approximate surface area is 117 Å². The first-order chi connectivity index (χ1) is 9.00. The van der Waals surface area contributed by atoms with E-state index in [0.29, 0.717) is 11.5 Å². The number of hydrogen-bond donors (Lipinski definition) is 2. The molecule has 2 aromatic heterocycles. The van der Waals surface area contributed by atoms with E-state index in [1.54, 1.807) is 0 Å². The molecule has 0 saturated carbocycles. The molecule has 0 bridgehead atoms. The molecule has 6 nitrogen and oxygen atoms in total. The fourth-order valence-corrected chi connectivity index (χ4v) is 1.31. The van der Waals surface area contributed by atoms with Gasteiger partial charge in [-0.25, -0.2) is 0 Å². The third-order valence-corrected chi connectivity index (χ3v) is 2.53. The van der Waals surface area contributed by atoms with E-state index in [9.17, 15) is 9.59 Å². The summed E-state index contributed by atoms with van der Waals surface area (Å²) in [5.74, 6) is 1.38. The van der Waals surface area contributed by atoms with Crippen LogP contribution in [0.4, 0.5) is 0 Å². The van der Waals surface area contributed by atoms with Crippen molar-refractivity contribution < 1.29 is 9.05 Å². The van der Waals surface area contributed by atoms with Crippen molar-refractivity contribution in [3.8, 4) is 0 Å². The van der Waals surface area contributed by atoms with Crippen molar-refractivity contribution in [3.05, 3.63) is 44.4 Å². The first-order valence-corrected chi connectivity index (χ1v) is 6.38. The van der Waals surface area contributed by atoms with E-state index in [2.05, 4.69) is 10.3 Å². The van der Waals surface area contributed by atoms with Crippen LogP contribution in [0.15, 0.2) is 30.8 Å².